The van der Waals surface area contributed by atoms with E-state index in [1.165, 1.54) is 18.3 Å². The van der Waals surface area contributed by atoms with Gasteiger partial charge in [0.15, 0.2) is 0 Å². The Kier molecular flexibility index (Phi) is 6.13. The van der Waals surface area contributed by atoms with Crippen LogP contribution in [0.25, 0.3) is 11.1 Å². The number of benzene rings is 1. The van der Waals surface area contributed by atoms with Crippen LogP contribution in [0.2, 0.25) is 0 Å². The standard InChI is InChI=1S/C24H21F4N3O2/c1-14-20(12-31-23(14)21-8-4-16(25)11-30-21)19-7-6-18(9-22(19)32-2)33-13-17-5-3-15(10-29-17)24(26,27)28/h3-12,21,30-31H,13H2,1-2H3. The second-order valence-corrected chi connectivity index (χ2v) is 7.46. The fourth-order valence-electron chi connectivity index (χ4n) is 3.57. The van der Waals surface area contributed by atoms with Crippen molar-refractivity contribution in [3.05, 3.63) is 89.4 Å². The lowest BCUT2D eigenvalue weighted by molar-refractivity contribution is -0.137. The van der Waals surface area contributed by atoms with Crippen molar-refractivity contribution in [3.8, 4) is 22.6 Å². The predicted molar refractivity (Wildman–Crippen MR) is 115 cm³/mol. The van der Waals surface area contributed by atoms with Gasteiger partial charge in [-0.2, -0.15) is 13.2 Å². The molecule has 2 N–H and O–H groups in total. The summed E-state index contributed by atoms with van der Waals surface area (Å²) in [6.07, 6.45) is 2.69. The summed E-state index contributed by atoms with van der Waals surface area (Å²) in [6, 6.07) is 7.39. The number of rotatable bonds is 6. The largest absolute Gasteiger partial charge is 0.496 e. The fraction of sp³-hybridized carbons (Fsp3) is 0.208. The first kappa shape index (κ1) is 22.4. The molecule has 1 aliphatic heterocycles. The molecule has 172 valence electrons. The van der Waals surface area contributed by atoms with E-state index in [9.17, 15) is 17.6 Å². The van der Waals surface area contributed by atoms with Gasteiger partial charge in [0, 0.05) is 41.5 Å². The van der Waals surface area contributed by atoms with Gasteiger partial charge in [-0.3, -0.25) is 4.98 Å². The maximum atomic E-state index is 13.2. The highest BCUT2D eigenvalue weighted by atomic mass is 19.4. The second-order valence-electron chi connectivity index (χ2n) is 7.46. The summed E-state index contributed by atoms with van der Waals surface area (Å²) < 4.78 is 62.5. The van der Waals surface area contributed by atoms with Crippen LogP contribution in [0.1, 0.15) is 28.6 Å². The summed E-state index contributed by atoms with van der Waals surface area (Å²) in [5.74, 6) is 0.724. The molecule has 3 heterocycles. The van der Waals surface area contributed by atoms with Crippen molar-refractivity contribution in [3.63, 3.8) is 0 Å². The number of allylic oxidation sites excluding steroid dienone is 2. The van der Waals surface area contributed by atoms with E-state index in [-0.39, 0.29) is 18.5 Å². The number of H-pyrrole nitrogens is 1. The molecule has 33 heavy (non-hydrogen) atoms. The molecular weight excluding hydrogens is 438 g/mol. The molecule has 0 bridgehead atoms. The van der Waals surface area contributed by atoms with Crippen molar-refractivity contribution in [2.24, 2.45) is 0 Å². The van der Waals surface area contributed by atoms with Crippen LogP contribution in [0.4, 0.5) is 17.6 Å². The van der Waals surface area contributed by atoms with Gasteiger partial charge in [-0.1, -0.05) is 6.08 Å². The van der Waals surface area contributed by atoms with Gasteiger partial charge in [0.25, 0.3) is 0 Å². The highest BCUT2D eigenvalue weighted by molar-refractivity contribution is 5.75. The molecule has 3 aromatic rings. The van der Waals surface area contributed by atoms with Gasteiger partial charge in [0.2, 0.25) is 0 Å². The first-order valence-electron chi connectivity index (χ1n) is 10.1. The molecule has 5 nitrogen and oxygen atoms in total. The Morgan fingerprint density at radius 3 is 2.58 bits per heavy atom. The number of halogens is 4. The number of methoxy groups -OCH3 is 1. The average molecular weight is 459 g/mol. The molecule has 1 unspecified atom stereocenters. The van der Waals surface area contributed by atoms with E-state index in [0.717, 1.165) is 34.6 Å². The van der Waals surface area contributed by atoms with E-state index in [0.29, 0.717) is 17.2 Å². The number of alkyl halides is 3. The van der Waals surface area contributed by atoms with Crippen molar-refractivity contribution in [1.82, 2.24) is 15.3 Å². The third kappa shape index (κ3) is 4.87. The van der Waals surface area contributed by atoms with Gasteiger partial charge in [-0.25, -0.2) is 4.39 Å². The SMILES string of the molecule is COc1cc(OCc2ccc(C(F)(F)F)cn2)ccc1-c1c[nH]c(C2C=CC(F)=CN2)c1C. The molecular formula is C24H21F4N3O2. The zero-order valence-corrected chi connectivity index (χ0v) is 17.8. The van der Waals surface area contributed by atoms with E-state index in [1.54, 1.807) is 25.3 Å². The van der Waals surface area contributed by atoms with E-state index in [2.05, 4.69) is 15.3 Å². The summed E-state index contributed by atoms with van der Waals surface area (Å²) in [7, 11) is 1.54. The van der Waals surface area contributed by atoms with Crippen LogP contribution in [0.5, 0.6) is 11.5 Å². The number of nitrogens with one attached hydrogen (secondary N) is 2. The number of hydrogen-bond acceptors (Lipinski definition) is 4. The van der Waals surface area contributed by atoms with E-state index < -0.39 is 11.7 Å². The number of hydrogen-bond donors (Lipinski definition) is 2. The summed E-state index contributed by atoms with van der Waals surface area (Å²) in [6.45, 7) is 1.98. The topological polar surface area (TPSA) is 59.2 Å². The number of dihydropyridines is 1. The Bertz CT molecular complexity index is 1200. The molecule has 0 fully saturated rings. The zero-order chi connectivity index (χ0) is 23.6. The number of ether oxygens (including phenoxy) is 2. The molecule has 1 atom stereocenters. The normalized spacial score (nSPS) is 15.7. The second kappa shape index (κ2) is 9.01. The average Bonchev–Trinajstić information content (AvgIpc) is 3.18. The molecule has 2 aromatic heterocycles. The minimum Gasteiger partial charge on any atom is -0.496 e. The Hall–Kier alpha value is -3.75. The van der Waals surface area contributed by atoms with Crippen LogP contribution in [-0.2, 0) is 12.8 Å². The molecule has 0 amide bonds. The van der Waals surface area contributed by atoms with Gasteiger partial charge in [0.1, 0.15) is 23.9 Å². The Morgan fingerprint density at radius 2 is 1.94 bits per heavy atom. The third-order valence-electron chi connectivity index (χ3n) is 5.34. The lowest BCUT2D eigenvalue weighted by Gasteiger charge is -2.17. The molecule has 4 rings (SSSR count). The van der Waals surface area contributed by atoms with Gasteiger partial charge in [0.05, 0.1) is 24.4 Å². The summed E-state index contributed by atoms with van der Waals surface area (Å²) in [4.78, 5) is 7.06. The zero-order valence-electron chi connectivity index (χ0n) is 17.8. The summed E-state index contributed by atoms with van der Waals surface area (Å²) in [5, 5.41) is 3.00. The monoisotopic (exact) mass is 459 g/mol. The third-order valence-corrected chi connectivity index (χ3v) is 5.34. The van der Waals surface area contributed by atoms with Crippen molar-refractivity contribution in [2.75, 3.05) is 7.11 Å². The number of aromatic amines is 1. The smallest absolute Gasteiger partial charge is 0.417 e. The molecule has 0 radical (unpaired) electrons. The molecule has 0 spiro atoms. The van der Waals surface area contributed by atoms with Gasteiger partial charge >= 0.3 is 6.18 Å². The van der Waals surface area contributed by atoms with Crippen molar-refractivity contribution in [1.29, 1.82) is 0 Å². The lowest BCUT2D eigenvalue weighted by Crippen LogP contribution is -2.17. The highest BCUT2D eigenvalue weighted by Gasteiger charge is 2.30. The Morgan fingerprint density at radius 1 is 1.12 bits per heavy atom. The molecule has 9 heteroatoms. The van der Waals surface area contributed by atoms with Crippen LogP contribution in [0, 0.1) is 6.92 Å². The van der Waals surface area contributed by atoms with E-state index in [4.69, 9.17) is 9.47 Å². The minimum atomic E-state index is -4.43. The maximum absolute atomic E-state index is 13.2. The maximum Gasteiger partial charge on any atom is 0.417 e. The molecule has 0 saturated heterocycles. The molecule has 1 aromatic carbocycles. The lowest BCUT2D eigenvalue weighted by atomic mass is 10.00. The number of nitrogens with zero attached hydrogens (tertiary/aromatic N) is 1. The summed E-state index contributed by atoms with van der Waals surface area (Å²) >= 11 is 0. The van der Waals surface area contributed by atoms with E-state index in [1.807, 2.05) is 19.2 Å². The highest BCUT2D eigenvalue weighted by Crippen LogP contribution is 2.38. The van der Waals surface area contributed by atoms with Crippen molar-refractivity contribution in [2.45, 2.75) is 25.7 Å². The fourth-order valence-corrected chi connectivity index (χ4v) is 3.57. The van der Waals surface area contributed by atoms with E-state index >= 15 is 0 Å². The number of pyridine rings is 1. The minimum absolute atomic E-state index is 0.0116. The van der Waals surface area contributed by atoms with Gasteiger partial charge < -0.3 is 19.8 Å². The van der Waals surface area contributed by atoms with Gasteiger partial charge in [-0.15, -0.1) is 0 Å². The molecule has 1 aliphatic rings. The van der Waals surface area contributed by atoms with Crippen molar-refractivity contribution < 1.29 is 27.0 Å². The number of aromatic nitrogens is 2. The molecule has 0 aliphatic carbocycles. The first-order chi connectivity index (χ1) is 15.8. The van der Waals surface area contributed by atoms with Gasteiger partial charge in [-0.05, 0) is 42.8 Å². The van der Waals surface area contributed by atoms with Crippen LogP contribution in [-0.4, -0.2) is 17.1 Å². The molecule has 0 saturated carbocycles. The Labute approximate surface area is 187 Å². The van der Waals surface area contributed by atoms with Crippen LogP contribution >= 0.6 is 0 Å². The van der Waals surface area contributed by atoms with Crippen LogP contribution in [0.15, 0.2) is 66.9 Å². The predicted octanol–water partition coefficient (Wildman–Crippen LogP) is 6.00. The quantitative estimate of drug-likeness (QED) is 0.444. The van der Waals surface area contributed by atoms with Crippen molar-refractivity contribution >= 4 is 0 Å². The van der Waals surface area contributed by atoms with Crippen LogP contribution in [0.3, 0.4) is 0 Å². The summed E-state index contributed by atoms with van der Waals surface area (Å²) in [5.41, 5.74) is 3.20. The Balaban J connectivity index is 1.50. The van der Waals surface area contributed by atoms with Crippen LogP contribution < -0.4 is 14.8 Å². The first-order valence-corrected chi connectivity index (χ1v) is 10.1.